The van der Waals surface area contributed by atoms with E-state index in [1.807, 2.05) is 30.0 Å². The molecule has 2 saturated heterocycles. The van der Waals surface area contributed by atoms with E-state index < -0.39 is 22.2 Å². The Balaban J connectivity index is 1.74. The summed E-state index contributed by atoms with van der Waals surface area (Å²) in [6.07, 6.45) is 2.87. The van der Waals surface area contributed by atoms with Crippen LogP contribution in [0.1, 0.15) is 37.8 Å². The Morgan fingerprint density at radius 1 is 1.14 bits per heavy atom. The largest absolute Gasteiger partial charge is 0.468 e. The zero-order valence-electron chi connectivity index (χ0n) is 16.4. The van der Waals surface area contributed by atoms with Gasteiger partial charge in [0.2, 0.25) is 0 Å². The highest BCUT2D eigenvalue weighted by molar-refractivity contribution is 7.86. The predicted molar refractivity (Wildman–Crippen MR) is 108 cm³/mol. The van der Waals surface area contributed by atoms with Gasteiger partial charge in [0.05, 0.1) is 7.11 Å². The standard InChI is InChI=1S/C19H28ClN3O4S/c1-15-7-5-6-10-23(15)28(25,26)22-13-11-21(12-14-22)18(19(24)27-2)16-8-3-4-9-17(16)20/h3-4,8-9,15,18H,5-7,10-14H2,1-2H3. The molecule has 156 valence electrons. The van der Waals surface area contributed by atoms with Crippen molar-refractivity contribution in [2.24, 2.45) is 0 Å². The van der Waals surface area contributed by atoms with Crippen molar-refractivity contribution in [3.8, 4) is 0 Å². The molecule has 2 aliphatic rings. The molecule has 3 rings (SSSR count). The SMILES string of the molecule is COC(=O)C(c1ccccc1Cl)N1CCN(S(=O)(=O)N2CCCCC2C)CC1. The second-order valence-electron chi connectivity index (χ2n) is 7.35. The minimum atomic E-state index is -3.48. The van der Waals surface area contributed by atoms with E-state index in [-0.39, 0.29) is 6.04 Å². The summed E-state index contributed by atoms with van der Waals surface area (Å²) in [6.45, 7) is 4.09. The zero-order valence-corrected chi connectivity index (χ0v) is 18.0. The molecule has 2 fully saturated rings. The fourth-order valence-corrected chi connectivity index (χ4v) is 6.12. The summed E-state index contributed by atoms with van der Waals surface area (Å²) < 4.78 is 34.3. The molecule has 7 nitrogen and oxygen atoms in total. The quantitative estimate of drug-likeness (QED) is 0.671. The van der Waals surface area contributed by atoms with Crippen molar-refractivity contribution in [2.45, 2.75) is 38.3 Å². The predicted octanol–water partition coefficient (Wildman–Crippen LogP) is 2.29. The van der Waals surface area contributed by atoms with Crippen LogP contribution in [0.25, 0.3) is 0 Å². The van der Waals surface area contributed by atoms with Gasteiger partial charge in [-0.1, -0.05) is 36.2 Å². The minimum absolute atomic E-state index is 0.0303. The molecule has 1 aromatic rings. The molecular formula is C19H28ClN3O4S. The van der Waals surface area contributed by atoms with Crippen molar-refractivity contribution in [1.29, 1.82) is 0 Å². The number of rotatable bonds is 5. The molecule has 0 spiro atoms. The summed E-state index contributed by atoms with van der Waals surface area (Å²) >= 11 is 6.31. The van der Waals surface area contributed by atoms with E-state index in [9.17, 15) is 13.2 Å². The van der Waals surface area contributed by atoms with Crippen molar-refractivity contribution in [1.82, 2.24) is 13.5 Å². The highest BCUT2D eigenvalue weighted by Crippen LogP contribution is 2.30. The first-order valence-electron chi connectivity index (χ1n) is 9.69. The van der Waals surface area contributed by atoms with Gasteiger partial charge in [-0.2, -0.15) is 17.0 Å². The van der Waals surface area contributed by atoms with Crippen LogP contribution in [0, 0.1) is 0 Å². The van der Waals surface area contributed by atoms with Crippen molar-refractivity contribution >= 4 is 27.8 Å². The number of hydrogen-bond donors (Lipinski definition) is 0. The number of carbonyl (C=O) groups excluding carboxylic acids is 1. The topological polar surface area (TPSA) is 70.2 Å². The van der Waals surface area contributed by atoms with Crippen LogP contribution in [0.5, 0.6) is 0 Å². The molecule has 28 heavy (non-hydrogen) atoms. The normalized spacial score (nSPS) is 24.0. The summed E-state index contributed by atoms with van der Waals surface area (Å²) in [7, 11) is -2.13. The van der Waals surface area contributed by atoms with Crippen LogP contribution in [0.2, 0.25) is 5.02 Å². The lowest BCUT2D eigenvalue weighted by atomic mass is 10.0. The van der Waals surface area contributed by atoms with Gasteiger partial charge in [-0.05, 0) is 31.4 Å². The Bertz CT molecular complexity index is 796. The smallest absolute Gasteiger partial charge is 0.327 e. The van der Waals surface area contributed by atoms with Crippen LogP contribution < -0.4 is 0 Å². The third kappa shape index (κ3) is 4.36. The number of ether oxygens (including phenoxy) is 1. The molecule has 0 saturated carbocycles. The van der Waals surface area contributed by atoms with Gasteiger partial charge < -0.3 is 4.74 Å². The lowest BCUT2D eigenvalue weighted by Gasteiger charge is -2.41. The Kier molecular flexibility index (Phi) is 6.98. The van der Waals surface area contributed by atoms with Crippen LogP contribution in [-0.2, 0) is 19.7 Å². The van der Waals surface area contributed by atoms with Crippen LogP contribution in [0.3, 0.4) is 0 Å². The third-order valence-corrected chi connectivity index (χ3v) is 8.12. The van der Waals surface area contributed by atoms with Gasteiger partial charge in [0.25, 0.3) is 10.2 Å². The molecule has 2 heterocycles. The molecule has 9 heteroatoms. The van der Waals surface area contributed by atoms with Crippen molar-refractivity contribution in [3.05, 3.63) is 34.9 Å². The van der Waals surface area contributed by atoms with Gasteiger partial charge in [-0.25, -0.2) is 4.79 Å². The monoisotopic (exact) mass is 429 g/mol. The first-order chi connectivity index (χ1) is 13.4. The number of hydrogen-bond acceptors (Lipinski definition) is 5. The van der Waals surface area contributed by atoms with E-state index in [4.69, 9.17) is 16.3 Å². The lowest BCUT2D eigenvalue weighted by Crippen LogP contribution is -2.56. The second kappa shape index (κ2) is 9.09. The maximum Gasteiger partial charge on any atom is 0.327 e. The summed E-state index contributed by atoms with van der Waals surface area (Å²) in [5.41, 5.74) is 0.678. The van der Waals surface area contributed by atoms with Gasteiger partial charge in [0, 0.05) is 43.8 Å². The number of halogens is 1. The van der Waals surface area contributed by atoms with Gasteiger partial charge in [-0.3, -0.25) is 4.90 Å². The number of piperidine rings is 1. The zero-order chi connectivity index (χ0) is 20.3. The van der Waals surface area contributed by atoms with Crippen LogP contribution in [0.4, 0.5) is 0 Å². The first-order valence-corrected chi connectivity index (χ1v) is 11.5. The lowest BCUT2D eigenvalue weighted by molar-refractivity contribution is -0.147. The Morgan fingerprint density at radius 2 is 1.82 bits per heavy atom. The maximum absolute atomic E-state index is 13.1. The highest BCUT2D eigenvalue weighted by atomic mass is 35.5. The molecule has 2 atom stereocenters. The number of carbonyl (C=O) groups is 1. The fourth-order valence-electron chi connectivity index (χ4n) is 4.04. The fraction of sp³-hybridized carbons (Fsp3) is 0.632. The van der Waals surface area contributed by atoms with Gasteiger partial charge in [0.15, 0.2) is 0 Å². The molecule has 1 aromatic carbocycles. The molecule has 2 unspecified atom stereocenters. The molecule has 0 aliphatic carbocycles. The van der Waals surface area contributed by atoms with E-state index in [0.717, 1.165) is 19.3 Å². The van der Waals surface area contributed by atoms with Gasteiger partial charge in [0.1, 0.15) is 6.04 Å². The molecule has 0 radical (unpaired) electrons. The van der Waals surface area contributed by atoms with Crippen LogP contribution >= 0.6 is 11.6 Å². The Hall–Kier alpha value is -1.19. The maximum atomic E-state index is 13.1. The highest BCUT2D eigenvalue weighted by Gasteiger charge is 2.39. The van der Waals surface area contributed by atoms with Gasteiger partial charge in [-0.15, -0.1) is 0 Å². The average molecular weight is 430 g/mol. The van der Waals surface area contributed by atoms with E-state index in [0.29, 0.717) is 43.3 Å². The van der Waals surface area contributed by atoms with Crippen LogP contribution in [-0.4, -0.2) is 73.8 Å². The summed E-state index contributed by atoms with van der Waals surface area (Å²) in [4.78, 5) is 14.4. The minimum Gasteiger partial charge on any atom is -0.468 e. The number of piperazine rings is 1. The molecule has 0 aromatic heterocycles. The van der Waals surface area contributed by atoms with Crippen molar-refractivity contribution in [2.75, 3.05) is 39.8 Å². The summed E-state index contributed by atoms with van der Waals surface area (Å²) in [5, 5.41) is 0.495. The third-order valence-electron chi connectivity index (χ3n) is 5.63. The van der Waals surface area contributed by atoms with E-state index in [1.54, 1.807) is 10.4 Å². The summed E-state index contributed by atoms with van der Waals surface area (Å²) in [6, 6.07) is 6.58. The molecular weight excluding hydrogens is 402 g/mol. The molecule has 0 N–H and O–H groups in total. The van der Waals surface area contributed by atoms with Crippen LogP contribution in [0.15, 0.2) is 24.3 Å². The molecule has 0 amide bonds. The first kappa shape index (κ1) is 21.5. The number of methoxy groups -OCH3 is 1. The average Bonchev–Trinajstić information content (AvgIpc) is 2.70. The molecule has 0 bridgehead atoms. The number of esters is 1. The van der Waals surface area contributed by atoms with Crippen molar-refractivity contribution < 1.29 is 17.9 Å². The number of nitrogens with zero attached hydrogens (tertiary/aromatic N) is 3. The molecule has 2 aliphatic heterocycles. The Labute approximate surface area is 172 Å². The van der Waals surface area contributed by atoms with Gasteiger partial charge >= 0.3 is 5.97 Å². The van der Waals surface area contributed by atoms with E-state index >= 15 is 0 Å². The second-order valence-corrected chi connectivity index (χ2v) is 9.63. The van der Waals surface area contributed by atoms with Crippen molar-refractivity contribution in [3.63, 3.8) is 0 Å². The van der Waals surface area contributed by atoms with E-state index in [2.05, 4.69) is 0 Å². The Morgan fingerprint density at radius 3 is 2.43 bits per heavy atom. The summed E-state index contributed by atoms with van der Waals surface area (Å²) in [5.74, 6) is -0.394. The van der Waals surface area contributed by atoms with E-state index in [1.165, 1.54) is 11.4 Å². The number of benzene rings is 1.